The first-order valence-electron chi connectivity index (χ1n) is 6.55. The van der Waals surface area contributed by atoms with Crippen LogP contribution in [0.3, 0.4) is 0 Å². The van der Waals surface area contributed by atoms with Gasteiger partial charge in [-0.05, 0) is 59.1 Å². The van der Waals surface area contributed by atoms with Gasteiger partial charge in [0.25, 0.3) is 0 Å². The average Bonchev–Trinajstić information content (AvgIpc) is 2.44. The van der Waals surface area contributed by atoms with Crippen molar-refractivity contribution in [2.24, 2.45) is 5.73 Å². The van der Waals surface area contributed by atoms with E-state index in [1.165, 1.54) is 6.07 Å². The number of halogens is 3. The second-order valence-corrected chi connectivity index (χ2v) is 5.77. The Kier molecular flexibility index (Phi) is 4.96. The molecule has 1 unspecified atom stereocenters. The maximum atomic E-state index is 13.6. The molecule has 2 nitrogen and oxygen atoms in total. The highest BCUT2D eigenvalue weighted by molar-refractivity contribution is 9.10. The summed E-state index contributed by atoms with van der Waals surface area (Å²) in [5.74, 6) is -1.15. The van der Waals surface area contributed by atoms with Gasteiger partial charge in [-0.25, -0.2) is 8.78 Å². The summed E-state index contributed by atoms with van der Waals surface area (Å²) in [6, 6.07) is 9.25. The largest absolute Gasteiger partial charge is 0.491 e. The van der Waals surface area contributed by atoms with Crippen LogP contribution in [0.5, 0.6) is 5.75 Å². The van der Waals surface area contributed by atoms with Gasteiger partial charge in [-0.3, -0.25) is 0 Å². The fourth-order valence-electron chi connectivity index (χ4n) is 2.01. The van der Waals surface area contributed by atoms with E-state index < -0.39 is 17.7 Å². The number of ether oxygens (including phenoxy) is 1. The van der Waals surface area contributed by atoms with Crippen molar-refractivity contribution in [2.75, 3.05) is 0 Å². The molecule has 2 rings (SSSR count). The van der Waals surface area contributed by atoms with Gasteiger partial charge in [0, 0.05) is 0 Å². The number of hydrogen-bond acceptors (Lipinski definition) is 2. The number of hydrogen-bond donors (Lipinski definition) is 1. The molecule has 112 valence electrons. The van der Waals surface area contributed by atoms with Gasteiger partial charge in [0.1, 0.15) is 5.75 Å². The molecule has 0 aromatic heterocycles. The van der Waals surface area contributed by atoms with Crippen LogP contribution in [-0.4, -0.2) is 6.10 Å². The van der Waals surface area contributed by atoms with Gasteiger partial charge in [0.05, 0.1) is 16.6 Å². The highest BCUT2D eigenvalue weighted by Crippen LogP contribution is 2.31. The molecule has 0 aliphatic carbocycles. The molecule has 0 aliphatic heterocycles. The molecule has 1 atom stereocenters. The Bertz CT molecular complexity index is 646. The lowest BCUT2D eigenvalue weighted by atomic mass is 9.99. The predicted molar refractivity (Wildman–Crippen MR) is 82.3 cm³/mol. The third-order valence-electron chi connectivity index (χ3n) is 2.99. The summed E-state index contributed by atoms with van der Waals surface area (Å²) in [4.78, 5) is 0. The molecule has 0 bridgehead atoms. The van der Waals surface area contributed by atoms with Crippen molar-refractivity contribution >= 4 is 15.9 Å². The highest BCUT2D eigenvalue weighted by atomic mass is 79.9. The lowest BCUT2D eigenvalue weighted by Crippen LogP contribution is -2.14. The molecule has 2 N–H and O–H groups in total. The second-order valence-electron chi connectivity index (χ2n) is 4.98. The molecule has 5 heteroatoms. The van der Waals surface area contributed by atoms with Crippen molar-refractivity contribution in [2.45, 2.75) is 26.0 Å². The van der Waals surface area contributed by atoms with Gasteiger partial charge in [-0.2, -0.15) is 0 Å². The van der Waals surface area contributed by atoms with Gasteiger partial charge in [0.2, 0.25) is 0 Å². The fraction of sp³-hybridized carbons (Fsp3) is 0.250. The summed E-state index contributed by atoms with van der Waals surface area (Å²) in [5.41, 5.74) is 7.41. The number of rotatable bonds is 4. The summed E-state index contributed by atoms with van der Waals surface area (Å²) in [6.45, 7) is 3.86. The Morgan fingerprint density at radius 3 is 2.52 bits per heavy atom. The Morgan fingerprint density at radius 2 is 1.86 bits per heavy atom. The molecule has 0 saturated heterocycles. The SMILES string of the molecule is CC(C)Oc1cccc(C(N)c2ccc(F)c(F)c2Br)c1. The van der Waals surface area contributed by atoms with Crippen LogP contribution in [0, 0.1) is 11.6 Å². The fourth-order valence-corrected chi connectivity index (χ4v) is 2.58. The van der Waals surface area contributed by atoms with Gasteiger partial charge in [0.15, 0.2) is 11.6 Å². The molecule has 0 spiro atoms. The van der Waals surface area contributed by atoms with Crippen molar-refractivity contribution in [3.63, 3.8) is 0 Å². The quantitative estimate of drug-likeness (QED) is 0.815. The van der Waals surface area contributed by atoms with E-state index in [2.05, 4.69) is 15.9 Å². The van der Waals surface area contributed by atoms with Crippen LogP contribution in [0.4, 0.5) is 8.78 Å². The zero-order valence-corrected chi connectivity index (χ0v) is 13.3. The molecule has 0 heterocycles. The van der Waals surface area contributed by atoms with Crippen molar-refractivity contribution < 1.29 is 13.5 Å². The van der Waals surface area contributed by atoms with E-state index in [9.17, 15) is 8.78 Å². The summed E-state index contributed by atoms with van der Waals surface area (Å²) >= 11 is 3.06. The minimum absolute atomic E-state index is 0.0465. The van der Waals surface area contributed by atoms with Crippen molar-refractivity contribution in [1.29, 1.82) is 0 Å². The molecule has 0 amide bonds. The predicted octanol–water partition coefficient (Wildman–Crippen LogP) is 4.56. The zero-order chi connectivity index (χ0) is 15.6. The average molecular weight is 356 g/mol. The van der Waals surface area contributed by atoms with Crippen molar-refractivity contribution in [3.05, 3.63) is 63.6 Å². The maximum absolute atomic E-state index is 13.6. The van der Waals surface area contributed by atoms with Gasteiger partial charge in [-0.15, -0.1) is 0 Å². The van der Waals surface area contributed by atoms with Crippen LogP contribution in [0.1, 0.15) is 31.0 Å². The van der Waals surface area contributed by atoms with Crippen LogP contribution in [0.2, 0.25) is 0 Å². The minimum atomic E-state index is -0.933. The zero-order valence-electron chi connectivity index (χ0n) is 11.7. The molecule has 21 heavy (non-hydrogen) atoms. The van der Waals surface area contributed by atoms with Crippen LogP contribution >= 0.6 is 15.9 Å². The van der Waals surface area contributed by atoms with E-state index >= 15 is 0 Å². The molecular formula is C16H16BrF2NO. The first-order valence-corrected chi connectivity index (χ1v) is 7.35. The lowest BCUT2D eigenvalue weighted by Gasteiger charge is -2.17. The Morgan fingerprint density at radius 1 is 1.14 bits per heavy atom. The van der Waals surface area contributed by atoms with Crippen LogP contribution in [-0.2, 0) is 0 Å². The van der Waals surface area contributed by atoms with E-state index in [1.807, 2.05) is 32.0 Å². The minimum Gasteiger partial charge on any atom is -0.491 e. The van der Waals surface area contributed by atoms with Gasteiger partial charge >= 0.3 is 0 Å². The van der Waals surface area contributed by atoms with Gasteiger partial charge in [-0.1, -0.05) is 18.2 Å². The Labute approximate surface area is 131 Å². The molecule has 0 fully saturated rings. The van der Waals surface area contributed by atoms with E-state index in [-0.39, 0.29) is 10.6 Å². The second kappa shape index (κ2) is 6.54. The third-order valence-corrected chi connectivity index (χ3v) is 3.80. The Hall–Kier alpha value is -1.46. The van der Waals surface area contributed by atoms with Crippen LogP contribution in [0.15, 0.2) is 40.9 Å². The smallest absolute Gasteiger partial charge is 0.173 e. The first kappa shape index (κ1) is 15.9. The molecule has 2 aromatic carbocycles. The first-order chi connectivity index (χ1) is 9.90. The summed E-state index contributed by atoms with van der Waals surface area (Å²) < 4.78 is 32.4. The molecule has 0 saturated carbocycles. The van der Waals surface area contributed by atoms with Gasteiger partial charge < -0.3 is 10.5 Å². The monoisotopic (exact) mass is 355 g/mol. The summed E-state index contributed by atoms with van der Waals surface area (Å²) in [5, 5.41) is 0. The van der Waals surface area contributed by atoms with E-state index in [0.717, 1.165) is 11.6 Å². The third kappa shape index (κ3) is 3.60. The summed E-state index contributed by atoms with van der Waals surface area (Å²) in [6.07, 6.45) is 0.0477. The standard InChI is InChI=1S/C16H16BrF2NO/c1-9(2)21-11-5-3-4-10(8-11)16(20)12-6-7-13(18)15(19)14(12)17/h3-9,16H,20H2,1-2H3. The normalized spacial score (nSPS) is 12.5. The van der Waals surface area contributed by atoms with E-state index in [4.69, 9.17) is 10.5 Å². The van der Waals surface area contributed by atoms with Crippen LogP contribution in [0.25, 0.3) is 0 Å². The molecule has 2 aromatic rings. The topological polar surface area (TPSA) is 35.2 Å². The molecule has 0 radical (unpaired) electrons. The van der Waals surface area contributed by atoms with Crippen LogP contribution < -0.4 is 10.5 Å². The Balaban J connectivity index is 2.36. The lowest BCUT2D eigenvalue weighted by molar-refractivity contribution is 0.242. The van der Waals surface area contributed by atoms with E-state index in [1.54, 1.807) is 6.07 Å². The number of nitrogens with two attached hydrogens (primary N) is 1. The maximum Gasteiger partial charge on any atom is 0.173 e. The van der Waals surface area contributed by atoms with Crippen molar-refractivity contribution in [1.82, 2.24) is 0 Å². The van der Waals surface area contributed by atoms with E-state index in [0.29, 0.717) is 11.3 Å². The molecular weight excluding hydrogens is 340 g/mol. The van der Waals surface area contributed by atoms with Crippen molar-refractivity contribution in [3.8, 4) is 5.75 Å². The molecule has 0 aliphatic rings. The highest BCUT2D eigenvalue weighted by Gasteiger charge is 2.18. The summed E-state index contributed by atoms with van der Waals surface area (Å²) in [7, 11) is 0. The number of benzene rings is 2.